The fourth-order valence-corrected chi connectivity index (χ4v) is 6.40. The van der Waals surface area contributed by atoms with Gasteiger partial charge in [-0.2, -0.15) is 0 Å². The fourth-order valence-electron chi connectivity index (χ4n) is 6.40. The molecule has 1 aromatic heterocycles. The molecule has 4 aliphatic rings. The number of benzene rings is 2. The molecular weight excluding hydrogens is 483 g/mol. The summed E-state index contributed by atoms with van der Waals surface area (Å²) in [5.74, 6) is 0.482. The third kappa shape index (κ3) is 3.57. The molecular formula is C30H29FN4O3. The number of para-hydroxylation sites is 1. The Hall–Kier alpha value is -3.94. The zero-order valence-corrected chi connectivity index (χ0v) is 21.1. The summed E-state index contributed by atoms with van der Waals surface area (Å²) < 4.78 is 20.0. The number of carbonyl (C=O) groups is 2. The molecule has 7 nitrogen and oxygen atoms in total. The minimum Gasteiger partial charge on any atom is -0.449 e. The Morgan fingerprint density at radius 1 is 0.868 bits per heavy atom. The number of esters is 1. The van der Waals surface area contributed by atoms with Crippen molar-refractivity contribution in [3.63, 3.8) is 0 Å². The highest BCUT2D eigenvalue weighted by Crippen LogP contribution is 2.52. The molecule has 1 saturated carbocycles. The van der Waals surface area contributed by atoms with Crippen LogP contribution in [0.2, 0.25) is 0 Å². The number of aromatic nitrogens is 1. The van der Waals surface area contributed by atoms with Crippen molar-refractivity contribution in [1.82, 2.24) is 9.88 Å². The molecule has 8 heteroatoms. The predicted octanol–water partition coefficient (Wildman–Crippen LogP) is 3.88. The first-order valence-corrected chi connectivity index (χ1v) is 13.3. The van der Waals surface area contributed by atoms with Gasteiger partial charge in [-0.05, 0) is 42.7 Å². The van der Waals surface area contributed by atoms with Gasteiger partial charge in [0.25, 0.3) is 0 Å². The molecule has 4 heterocycles. The molecule has 1 spiro atoms. The van der Waals surface area contributed by atoms with Crippen LogP contribution in [-0.2, 0) is 20.5 Å². The number of piperazine rings is 1. The fraction of sp³-hybridized carbons (Fsp3) is 0.367. The third-order valence-corrected chi connectivity index (χ3v) is 8.70. The van der Waals surface area contributed by atoms with E-state index < -0.39 is 11.0 Å². The van der Waals surface area contributed by atoms with Gasteiger partial charge < -0.3 is 19.4 Å². The summed E-state index contributed by atoms with van der Waals surface area (Å²) in [7, 11) is 0. The smallest absolute Gasteiger partial charge is 0.339 e. The van der Waals surface area contributed by atoms with Crippen LogP contribution in [0.1, 0.15) is 40.7 Å². The van der Waals surface area contributed by atoms with E-state index in [1.54, 1.807) is 12.1 Å². The van der Waals surface area contributed by atoms with Crippen LogP contribution < -0.4 is 9.80 Å². The van der Waals surface area contributed by atoms with Crippen LogP contribution in [0.15, 0.2) is 66.9 Å². The second kappa shape index (κ2) is 8.55. The number of pyridine rings is 1. The van der Waals surface area contributed by atoms with Gasteiger partial charge in [0.1, 0.15) is 11.6 Å². The van der Waals surface area contributed by atoms with Gasteiger partial charge >= 0.3 is 5.97 Å². The van der Waals surface area contributed by atoms with Gasteiger partial charge in [-0.3, -0.25) is 4.79 Å². The van der Waals surface area contributed by atoms with E-state index in [-0.39, 0.29) is 17.7 Å². The SMILES string of the molecule is O=C1OC2(CCN(C(=O)C3(c4ccc(N5CCN(c6ccccc6F)CC5)nc4)CC3)C2)c2ccccc21. The summed E-state index contributed by atoms with van der Waals surface area (Å²) in [6.07, 6.45) is 4.07. The van der Waals surface area contributed by atoms with Gasteiger partial charge in [-0.15, -0.1) is 0 Å². The van der Waals surface area contributed by atoms with E-state index in [9.17, 15) is 14.0 Å². The molecule has 194 valence electrons. The van der Waals surface area contributed by atoms with Crippen molar-refractivity contribution in [2.75, 3.05) is 49.1 Å². The first kappa shape index (κ1) is 23.2. The molecule has 0 radical (unpaired) electrons. The molecule has 3 aromatic rings. The Bertz CT molecular complexity index is 1420. The monoisotopic (exact) mass is 512 g/mol. The minimum absolute atomic E-state index is 0.0999. The number of hydrogen-bond donors (Lipinski definition) is 0. The average Bonchev–Trinajstić information content (AvgIpc) is 3.59. The Kier molecular flexibility index (Phi) is 5.22. The lowest BCUT2D eigenvalue weighted by Gasteiger charge is -2.37. The maximum atomic E-state index is 14.2. The van der Waals surface area contributed by atoms with Crippen LogP contribution in [0.3, 0.4) is 0 Å². The van der Waals surface area contributed by atoms with E-state index in [4.69, 9.17) is 9.72 Å². The van der Waals surface area contributed by atoms with Gasteiger partial charge in [0.2, 0.25) is 5.91 Å². The van der Waals surface area contributed by atoms with Crippen LogP contribution in [0.4, 0.5) is 15.9 Å². The molecule has 1 unspecified atom stereocenters. The standard InChI is InChI=1S/C30H29FN4O3/c31-24-7-3-4-8-25(24)33-15-17-34(18-16-33)26-10-9-21(19-32-26)29(11-12-29)28(37)35-14-13-30(20-35)23-6-2-1-5-22(23)27(36)38-30/h1-10,19H,11-18,20H2. The molecule has 1 atom stereocenters. The Labute approximate surface area is 220 Å². The van der Waals surface area contributed by atoms with Crippen molar-refractivity contribution in [3.8, 4) is 0 Å². The topological polar surface area (TPSA) is 66.0 Å². The largest absolute Gasteiger partial charge is 0.449 e. The van der Waals surface area contributed by atoms with E-state index >= 15 is 0 Å². The number of rotatable bonds is 4. The zero-order chi connectivity index (χ0) is 25.9. The molecule has 2 aromatic carbocycles. The highest BCUT2D eigenvalue weighted by molar-refractivity contribution is 5.96. The van der Waals surface area contributed by atoms with Crippen LogP contribution in [0.5, 0.6) is 0 Å². The Morgan fingerprint density at radius 3 is 2.34 bits per heavy atom. The van der Waals surface area contributed by atoms with Crippen molar-refractivity contribution >= 4 is 23.4 Å². The number of ether oxygens (including phenoxy) is 1. The second-order valence-electron chi connectivity index (χ2n) is 10.8. The van der Waals surface area contributed by atoms with E-state index in [0.717, 1.165) is 56.0 Å². The predicted molar refractivity (Wildman–Crippen MR) is 141 cm³/mol. The lowest BCUT2D eigenvalue weighted by Crippen LogP contribution is -2.47. The summed E-state index contributed by atoms with van der Waals surface area (Å²) in [5, 5.41) is 0. The number of carbonyl (C=O) groups excluding carboxylic acids is 2. The molecule has 0 N–H and O–H groups in total. The van der Waals surface area contributed by atoms with Gasteiger partial charge in [0.05, 0.1) is 23.2 Å². The maximum Gasteiger partial charge on any atom is 0.339 e. The van der Waals surface area contributed by atoms with Gasteiger partial charge in [0, 0.05) is 50.9 Å². The normalized spacial score (nSPS) is 23.5. The van der Waals surface area contributed by atoms with Crippen molar-refractivity contribution in [2.45, 2.75) is 30.3 Å². The van der Waals surface area contributed by atoms with E-state index in [1.165, 1.54) is 6.07 Å². The Balaban J connectivity index is 1.03. The zero-order valence-electron chi connectivity index (χ0n) is 21.1. The lowest BCUT2D eigenvalue weighted by atomic mass is 9.91. The number of likely N-dealkylation sites (tertiary alicyclic amines) is 1. The van der Waals surface area contributed by atoms with E-state index in [1.807, 2.05) is 53.6 Å². The van der Waals surface area contributed by atoms with Crippen molar-refractivity contribution in [3.05, 3.63) is 89.4 Å². The summed E-state index contributed by atoms with van der Waals surface area (Å²) in [4.78, 5) is 37.1. The van der Waals surface area contributed by atoms with Crippen LogP contribution in [0, 0.1) is 5.82 Å². The van der Waals surface area contributed by atoms with Crippen molar-refractivity contribution in [2.24, 2.45) is 0 Å². The van der Waals surface area contributed by atoms with Gasteiger partial charge in [0.15, 0.2) is 5.60 Å². The number of halogens is 1. The quantitative estimate of drug-likeness (QED) is 0.495. The number of fused-ring (bicyclic) bond motifs is 2. The number of hydrogen-bond acceptors (Lipinski definition) is 6. The molecule has 0 bridgehead atoms. The van der Waals surface area contributed by atoms with E-state index in [0.29, 0.717) is 30.8 Å². The van der Waals surface area contributed by atoms with Crippen LogP contribution in [0.25, 0.3) is 0 Å². The van der Waals surface area contributed by atoms with Crippen molar-refractivity contribution < 1.29 is 18.7 Å². The molecule has 2 saturated heterocycles. The molecule has 3 fully saturated rings. The molecule has 7 rings (SSSR count). The average molecular weight is 513 g/mol. The summed E-state index contributed by atoms with van der Waals surface area (Å²) >= 11 is 0. The molecule has 38 heavy (non-hydrogen) atoms. The van der Waals surface area contributed by atoms with Gasteiger partial charge in [-0.1, -0.05) is 36.4 Å². The first-order chi connectivity index (χ1) is 18.5. The van der Waals surface area contributed by atoms with Gasteiger partial charge in [-0.25, -0.2) is 14.2 Å². The maximum absolute atomic E-state index is 14.2. The number of amides is 1. The highest BCUT2D eigenvalue weighted by Gasteiger charge is 2.57. The minimum atomic E-state index is -0.730. The summed E-state index contributed by atoms with van der Waals surface area (Å²) in [6.45, 7) is 3.91. The van der Waals surface area contributed by atoms with Crippen LogP contribution in [-0.4, -0.2) is 61.0 Å². The van der Waals surface area contributed by atoms with Crippen LogP contribution >= 0.6 is 0 Å². The molecule has 1 amide bonds. The third-order valence-electron chi connectivity index (χ3n) is 8.70. The second-order valence-corrected chi connectivity index (χ2v) is 10.8. The first-order valence-electron chi connectivity index (χ1n) is 13.3. The molecule has 1 aliphatic carbocycles. The summed E-state index contributed by atoms with van der Waals surface area (Å²) in [5.41, 5.74) is 1.82. The number of nitrogens with zero attached hydrogens (tertiary/aromatic N) is 4. The van der Waals surface area contributed by atoms with Crippen molar-refractivity contribution in [1.29, 1.82) is 0 Å². The number of anilines is 2. The summed E-state index contributed by atoms with van der Waals surface area (Å²) in [6, 6.07) is 18.4. The Morgan fingerprint density at radius 2 is 1.61 bits per heavy atom. The lowest BCUT2D eigenvalue weighted by molar-refractivity contribution is -0.134. The van der Waals surface area contributed by atoms with E-state index in [2.05, 4.69) is 9.80 Å². The molecule has 3 aliphatic heterocycles. The highest BCUT2D eigenvalue weighted by atomic mass is 19.1.